The number of methoxy groups -OCH3 is 1. The molecule has 0 unspecified atom stereocenters. The summed E-state index contributed by atoms with van der Waals surface area (Å²) in [7, 11) is -0.957. The van der Waals surface area contributed by atoms with Gasteiger partial charge in [-0.1, -0.05) is 19.9 Å². The van der Waals surface area contributed by atoms with Crippen LogP contribution in [0.4, 0.5) is 4.39 Å². The monoisotopic (exact) mass is 318 g/mol. The van der Waals surface area contributed by atoms with Gasteiger partial charge in [0.2, 0.25) is 10.0 Å². The van der Waals surface area contributed by atoms with Gasteiger partial charge >= 0.3 is 0 Å². The van der Waals surface area contributed by atoms with Crippen molar-refractivity contribution >= 4 is 10.0 Å². The van der Waals surface area contributed by atoms with Gasteiger partial charge in [-0.2, -0.15) is 4.31 Å². The zero-order chi connectivity index (χ0) is 16.0. The van der Waals surface area contributed by atoms with Crippen molar-refractivity contribution in [1.82, 2.24) is 9.62 Å². The van der Waals surface area contributed by atoms with Gasteiger partial charge in [-0.05, 0) is 17.7 Å². The average Bonchev–Trinajstić information content (AvgIpc) is 2.43. The molecule has 1 aromatic carbocycles. The SMILES string of the molecule is COCCN(C)S(=O)(=O)c1cc(CNC(C)C)ccc1F. The molecular weight excluding hydrogens is 295 g/mol. The molecule has 0 saturated carbocycles. The van der Waals surface area contributed by atoms with Gasteiger partial charge in [0.1, 0.15) is 10.7 Å². The van der Waals surface area contributed by atoms with Gasteiger partial charge in [0.15, 0.2) is 0 Å². The van der Waals surface area contributed by atoms with Gasteiger partial charge < -0.3 is 10.1 Å². The van der Waals surface area contributed by atoms with Crippen LogP contribution in [0, 0.1) is 5.82 Å². The number of nitrogens with zero attached hydrogens (tertiary/aromatic N) is 1. The molecule has 7 heteroatoms. The summed E-state index contributed by atoms with van der Waals surface area (Å²) < 4.78 is 44.6. The Bertz CT molecular complexity index is 561. The van der Waals surface area contributed by atoms with E-state index in [1.54, 1.807) is 6.07 Å². The normalized spacial score (nSPS) is 12.3. The second-order valence-electron chi connectivity index (χ2n) is 5.12. The highest BCUT2D eigenvalue weighted by molar-refractivity contribution is 7.89. The van der Waals surface area contributed by atoms with Crippen LogP contribution in [0.5, 0.6) is 0 Å². The number of rotatable bonds is 8. The standard InChI is InChI=1S/C14H23FN2O3S/c1-11(2)16-10-12-5-6-13(15)14(9-12)21(18,19)17(3)7-8-20-4/h5-6,9,11,16H,7-8,10H2,1-4H3. The summed E-state index contributed by atoms with van der Waals surface area (Å²) in [6, 6.07) is 4.41. The molecule has 0 fully saturated rings. The Morgan fingerprint density at radius 3 is 2.62 bits per heavy atom. The molecule has 0 aliphatic heterocycles. The van der Waals surface area contributed by atoms with Crippen LogP contribution in [-0.2, 0) is 21.3 Å². The third-order valence-electron chi connectivity index (χ3n) is 3.01. The molecule has 0 radical (unpaired) electrons. The highest BCUT2D eigenvalue weighted by Gasteiger charge is 2.24. The van der Waals surface area contributed by atoms with E-state index in [0.29, 0.717) is 6.54 Å². The van der Waals surface area contributed by atoms with E-state index in [0.717, 1.165) is 9.87 Å². The maximum absolute atomic E-state index is 13.9. The van der Waals surface area contributed by atoms with E-state index in [4.69, 9.17) is 4.74 Å². The predicted molar refractivity (Wildman–Crippen MR) is 80.1 cm³/mol. The molecule has 0 amide bonds. The molecule has 0 bridgehead atoms. The van der Waals surface area contributed by atoms with Crippen molar-refractivity contribution in [3.05, 3.63) is 29.6 Å². The number of nitrogens with one attached hydrogen (secondary N) is 1. The topological polar surface area (TPSA) is 58.6 Å². The molecule has 0 spiro atoms. The zero-order valence-electron chi connectivity index (χ0n) is 12.9. The number of ether oxygens (including phenoxy) is 1. The molecule has 1 rings (SSSR count). The van der Waals surface area contributed by atoms with Crippen molar-refractivity contribution in [1.29, 1.82) is 0 Å². The predicted octanol–water partition coefficient (Wildman–Crippen LogP) is 1.59. The van der Waals surface area contributed by atoms with Crippen molar-refractivity contribution in [3.63, 3.8) is 0 Å². The summed E-state index contributed by atoms with van der Waals surface area (Å²) in [6.45, 7) is 4.89. The molecule has 5 nitrogen and oxygen atoms in total. The average molecular weight is 318 g/mol. The third kappa shape index (κ3) is 5.03. The van der Waals surface area contributed by atoms with E-state index in [1.165, 1.54) is 26.3 Å². The summed E-state index contributed by atoms with van der Waals surface area (Å²) in [5.74, 6) is -0.743. The fourth-order valence-electron chi connectivity index (χ4n) is 1.69. The minimum Gasteiger partial charge on any atom is -0.383 e. The lowest BCUT2D eigenvalue weighted by Crippen LogP contribution is -2.31. The molecule has 0 saturated heterocycles. The van der Waals surface area contributed by atoms with Gasteiger partial charge in [0, 0.05) is 33.3 Å². The molecule has 0 heterocycles. The first-order chi connectivity index (χ1) is 9.78. The number of benzene rings is 1. The number of halogens is 1. The van der Waals surface area contributed by atoms with Gasteiger partial charge in [0.25, 0.3) is 0 Å². The zero-order valence-corrected chi connectivity index (χ0v) is 13.7. The Kier molecular flexibility index (Phi) is 6.73. The summed E-state index contributed by atoms with van der Waals surface area (Å²) in [5, 5.41) is 3.17. The van der Waals surface area contributed by atoms with Crippen LogP contribution >= 0.6 is 0 Å². The molecule has 1 N–H and O–H groups in total. The number of sulfonamides is 1. The van der Waals surface area contributed by atoms with E-state index in [2.05, 4.69) is 5.32 Å². The van der Waals surface area contributed by atoms with E-state index in [9.17, 15) is 12.8 Å². The molecule has 0 aliphatic rings. The molecule has 0 aromatic heterocycles. The first kappa shape index (κ1) is 18.0. The molecule has 0 atom stereocenters. The van der Waals surface area contributed by atoms with Crippen LogP contribution in [0.2, 0.25) is 0 Å². The number of likely N-dealkylation sites (N-methyl/N-ethyl adjacent to an activating group) is 1. The van der Waals surface area contributed by atoms with Crippen LogP contribution in [0.25, 0.3) is 0 Å². The number of hydrogen-bond donors (Lipinski definition) is 1. The van der Waals surface area contributed by atoms with Crippen LogP contribution < -0.4 is 5.32 Å². The highest BCUT2D eigenvalue weighted by atomic mass is 32.2. The molecular formula is C14H23FN2O3S. The van der Waals surface area contributed by atoms with Gasteiger partial charge in [0.05, 0.1) is 6.61 Å². The smallest absolute Gasteiger partial charge is 0.245 e. The first-order valence-electron chi connectivity index (χ1n) is 6.76. The first-order valence-corrected chi connectivity index (χ1v) is 8.20. The van der Waals surface area contributed by atoms with Crippen LogP contribution in [-0.4, -0.2) is 46.1 Å². The van der Waals surface area contributed by atoms with Crippen LogP contribution in [0.1, 0.15) is 19.4 Å². The Morgan fingerprint density at radius 1 is 1.38 bits per heavy atom. The van der Waals surface area contributed by atoms with E-state index < -0.39 is 15.8 Å². The van der Waals surface area contributed by atoms with Crippen LogP contribution in [0.3, 0.4) is 0 Å². The van der Waals surface area contributed by atoms with Crippen molar-refractivity contribution < 1.29 is 17.5 Å². The fourth-order valence-corrected chi connectivity index (χ4v) is 2.95. The van der Waals surface area contributed by atoms with Crippen molar-refractivity contribution in [2.45, 2.75) is 31.3 Å². The summed E-state index contributed by atoms with van der Waals surface area (Å²) >= 11 is 0. The van der Waals surface area contributed by atoms with Crippen molar-refractivity contribution in [2.75, 3.05) is 27.3 Å². The molecule has 21 heavy (non-hydrogen) atoms. The van der Waals surface area contributed by atoms with Crippen LogP contribution in [0.15, 0.2) is 23.1 Å². The second-order valence-corrected chi connectivity index (χ2v) is 7.13. The molecule has 120 valence electrons. The fraction of sp³-hybridized carbons (Fsp3) is 0.571. The third-order valence-corrected chi connectivity index (χ3v) is 4.88. The lowest BCUT2D eigenvalue weighted by molar-refractivity contribution is 0.185. The Balaban J connectivity index is 3.02. The van der Waals surface area contributed by atoms with Gasteiger partial charge in [-0.3, -0.25) is 0 Å². The lowest BCUT2D eigenvalue weighted by atomic mass is 10.2. The largest absolute Gasteiger partial charge is 0.383 e. The second kappa shape index (κ2) is 7.84. The Morgan fingerprint density at radius 2 is 2.05 bits per heavy atom. The van der Waals surface area contributed by atoms with E-state index in [1.807, 2.05) is 13.8 Å². The maximum Gasteiger partial charge on any atom is 0.245 e. The number of hydrogen-bond acceptors (Lipinski definition) is 4. The Labute approximate surface area is 126 Å². The molecule has 1 aromatic rings. The van der Waals surface area contributed by atoms with E-state index >= 15 is 0 Å². The Hall–Kier alpha value is -1.02. The summed E-state index contributed by atoms with van der Waals surface area (Å²) in [4.78, 5) is -0.302. The summed E-state index contributed by atoms with van der Waals surface area (Å²) in [5.41, 5.74) is 0.726. The van der Waals surface area contributed by atoms with Gasteiger partial charge in [-0.25, -0.2) is 12.8 Å². The quantitative estimate of drug-likeness (QED) is 0.791. The van der Waals surface area contributed by atoms with Crippen molar-refractivity contribution in [3.8, 4) is 0 Å². The lowest BCUT2D eigenvalue weighted by Gasteiger charge is -2.18. The maximum atomic E-state index is 13.9. The minimum atomic E-state index is -3.85. The minimum absolute atomic E-state index is 0.173. The summed E-state index contributed by atoms with van der Waals surface area (Å²) in [6.07, 6.45) is 0. The molecule has 0 aliphatic carbocycles. The van der Waals surface area contributed by atoms with Crippen molar-refractivity contribution in [2.24, 2.45) is 0 Å². The van der Waals surface area contributed by atoms with Gasteiger partial charge in [-0.15, -0.1) is 0 Å². The van der Waals surface area contributed by atoms with E-state index in [-0.39, 0.29) is 24.1 Å². The highest BCUT2D eigenvalue weighted by Crippen LogP contribution is 2.20.